The number of para-hydroxylation sites is 1. The van der Waals surface area contributed by atoms with Crippen LogP contribution in [0.25, 0.3) is 10.9 Å². The smallest absolute Gasteiger partial charge is 0.352 e. The monoisotopic (exact) mass is 446 g/mol. The molecule has 4 rings (SSSR count). The number of carbonyl (C=O) groups is 1. The van der Waals surface area contributed by atoms with E-state index in [1.807, 2.05) is 60.9 Å². The van der Waals surface area contributed by atoms with E-state index < -0.39 is 5.97 Å². The number of rotatable bonds is 9. The molecule has 0 spiro atoms. The first-order valence-electron chi connectivity index (χ1n) is 11.0. The SMILES string of the molecule is CCOc1ccccc1CNCc1c(C(=O)O)n(Cc2ccc(F)cc2)c2cc(C)ccc12. The number of ether oxygens (including phenoxy) is 1. The Labute approximate surface area is 192 Å². The Kier molecular flexibility index (Phi) is 6.75. The van der Waals surface area contributed by atoms with Crippen LogP contribution in [-0.4, -0.2) is 22.2 Å². The van der Waals surface area contributed by atoms with E-state index in [0.29, 0.717) is 26.2 Å². The Balaban J connectivity index is 1.69. The zero-order valence-corrected chi connectivity index (χ0v) is 18.8. The topological polar surface area (TPSA) is 63.5 Å². The number of aromatic nitrogens is 1. The Morgan fingerprint density at radius 3 is 2.55 bits per heavy atom. The van der Waals surface area contributed by atoms with Gasteiger partial charge in [-0.15, -0.1) is 0 Å². The summed E-state index contributed by atoms with van der Waals surface area (Å²) in [6.07, 6.45) is 0. The second-order valence-corrected chi connectivity index (χ2v) is 8.01. The van der Waals surface area contributed by atoms with Gasteiger partial charge in [-0.05, 0) is 49.2 Å². The van der Waals surface area contributed by atoms with Gasteiger partial charge < -0.3 is 19.7 Å². The number of hydrogen-bond donors (Lipinski definition) is 2. The summed E-state index contributed by atoms with van der Waals surface area (Å²) in [5.74, 6) is -0.486. The second-order valence-electron chi connectivity index (χ2n) is 8.01. The minimum atomic E-state index is -0.988. The fourth-order valence-electron chi connectivity index (χ4n) is 4.16. The third kappa shape index (κ3) is 4.91. The molecule has 4 aromatic rings. The third-order valence-electron chi connectivity index (χ3n) is 5.67. The fourth-order valence-corrected chi connectivity index (χ4v) is 4.16. The van der Waals surface area contributed by atoms with E-state index in [4.69, 9.17) is 4.74 Å². The van der Waals surface area contributed by atoms with Crippen LogP contribution in [0.1, 0.15) is 39.7 Å². The molecule has 0 radical (unpaired) electrons. The fraction of sp³-hybridized carbons (Fsp3) is 0.222. The number of carboxylic acids is 1. The molecule has 0 bridgehead atoms. The van der Waals surface area contributed by atoms with Crippen molar-refractivity contribution in [3.63, 3.8) is 0 Å². The summed E-state index contributed by atoms with van der Waals surface area (Å²) in [5.41, 5.74) is 4.72. The summed E-state index contributed by atoms with van der Waals surface area (Å²) in [6, 6.07) is 19.9. The van der Waals surface area contributed by atoms with Gasteiger partial charge in [-0.25, -0.2) is 9.18 Å². The van der Waals surface area contributed by atoms with Crippen molar-refractivity contribution >= 4 is 16.9 Å². The lowest BCUT2D eigenvalue weighted by molar-refractivity contribution is 0.0684. The number of nitrogens with zero attached hydrogens (tertiary/aromatic N) is 1. The summed E-state index contributed by atoms with van der Waals surface area (Å²) in [6.45, 7) is 5.79. The van der Waals surface area contributed by atoms with Crippen molar-refractivity contribution in [2.24, 2.45) is 0 Å². The maximum Gasteiger partial charge on any atom is 0.352 e. The zero-order valence-electron chi connectivity index (χ0n) is 18.8. The highest BCUT2D eigenvalue weighted by Crippen LogP contribution is 2.29. The van der Waals surface area contributed by atoms with Crippen molar-refractivity contribution in [3.8, 4) is 5.75 Å². The Hall–Kier alpha value is -3.64. The molecule has 0 aliphatic heterocycles. The van der Waals surface area contributed by atoms with Crippen molar-refractivity contribution in [2.45, 2.75) is 33.5 Å². The van der Waals surface area contributed by atoms with Gasteiger partial charge in [0.25, 0.3) is 0 Å². The van der Waals surface area contributed by atoms with E-state index in [0.717, 1.165) is 38.9 Å². The lowest BCUT2D eigenvalue weighted by atomic mass is 10.1. The number of aromatic carboxylic acids is 1. The maximum atomic E-state index is 13.4. The predicted octanol–water partition coefficient (Wildman–Crippen LogP) is 5.52. The van der Waals surface area contributed by atoms with Crippen LogP contribution in [0.4, 0.5) is 4.39 Å². The number of carboxylic acid groups (broad SMARTS) is 1. The molecule has 0 saturated heterocycles. The van der Waals surface area contributed by atoms with Gasteiger partial charge in [0.1, 0.15) is 17.3 Å². The summed E-state index contributed by atoms with van der Waals surface area (Å²) in [5, 5.41) is 14.4. The van der Waals surface area contributed by atoms with Gasteiger partial charge in [-0.1, -0.05) is 42.5 Å². The van der Waals surface area contributed by atoms with E-state index in [9.17, 15) is 14.3 Å². The third-order valence-corrected chi connectivity index (χ3v) is 5.67. The van der Waals surface area contributed by atoms with Crippen LogP contribution in [0.5, 0.6) is 5.75 Å². The van der Waals surface area contributed by atoms with E-state index in [-0.39, 0.29) is 11.5 Å². The van der Waals surface area contributed by atoms with Crippen molar-refractivity contribution in [2.75, 3.05) is 6.61 Å². The standard InChI is InChI=1S/C27H27FN2O3/c1-3-33-25-7-5-4-6-20(25)15-29-16-23-22-13-8-18(2)14-24(22)30(26(23)27(31)32)17-19-9-11-21(28)12-10-19/h4-14,29H,3,15-17H2,1-2H3,(H,31,32). The quantitative estimate of drug-likeness (QED) is 0.355. The lowest BCUT2D eigenvalue weighted by Gasteiger charge is -2.12. The van der Waals surface area contributed by atoms with Crippen LogP contribution in [0, 0.1) is 12.7 Å². The highest BCUT2D eigenvalue weighted by atomic mass is 19.1. The van der Waals surface area contributed by atoms with Gasteiger partial charge in [0.15, 0.2) is 0 Å². The number of hydrogen-bond acceptors (Lipinski definition) is 3. The highest BCUT2D eigenvalue weighted by molar-refractivity contribution is 5.98. The molecular formula is C27H27FN2O3. The average Bonchev–Trinajstić information content (AvgIpc) is 3.09. The van der Waals surface area contributed by atoms with Crippen LogP contribution >= 0.6 is 0 Å². The average molecular weight is 447 g/mol. The Morgan fingerprint density at radius 1 is 1.06 bits per heavy atom. The number of nitrogens with one attached hydrogen (secondary N) is 1. The first kappa shape index (κ1) is 22.6. The molecule has 0 atom stereocenters. The van der Waals surface area contributed by atoms with Gasteiger partial charge >= 0.3 is 5.97 Å². The number of benzene rings is 3. The van der Waals surface area contributed by atoms with Crippen molar-refractivity contribution < 1.29 is 19.0 Å². The van der Waals surface area contributed by atoms with Gasteiger partial charge in [0, 0.05) is 41.7 Å². The molecule has 33 heavy (non-hydrogen) atoms. The number of fused-ring (bicyclic) bond motifs is 1. The Bertz CT molecular complexity index is 1280. The predicted molar refractivity (Wildman–Crippen MR) is 127 cm³/mol. The summed E-state index contributed by atoms with van der Waals surface area (Å²) in [4.78, 5) is 12.4. The van der Waals surface area contributed by atoms with Crippen LogP contribution in [0.2, 0.25) is 0 Å². The molecule has 1 heterocycles. The van der Waals surface area contributed by atoms with Crippen LogP contribution in [0.3, 0.4) is 0 Å². The Morgan fingerprint density at radius 2 is 1.82 bits per heavy atom. The summed E-state index contributed by atoms with van der Waals surface area (Å²) >= 11 is 0. The molecule has 0 amide bonds. The molecular weight excluding hydrogens is 419 g/mol. The van der Waals surface area contributed by atoms with E-state index in [2.05, 4.69) is 5.32 Å². The van der Waals surface area contributed by atoms with Crippen molar-refractivity contribution in [1.82, 2.24) is 9.88 Å². The molecule has 0 aliphatic carbocycles. The van der Waals surface area contributed by atoms with E-state index in [1.165, 1.54) is 12.1 Å². The van der Waals surface area contributed by atoms with Crippen molar-refractivity contribution in [1.29, 1.82) is 0 Å². The van der Waals surface area contributed by atoms with Gasteiger partial charge in [-0.3, -0.25) is 0 Å². The first-order chi connectivity index (χ1) is 16.0. The number of aryl methyl sites for hydroxylation is 1. The second kappa shape index (κ2) is 9.88. The van der Waals surface area contributed by atoms with Gasteiger partial charge in [0.2, 0.25) is 0 Å². The van der Waals surface area contributed by atoms with E-state index in [1.54, 1.807) is 12.1 Å². The normalized spacial score (nSPS) is 11.1. The van der Waals surface area contributed by atoms with Gasteiger partial charge in [-0.2, -0.15) is 0 Å². The molecule has 170 valence electrons. The summed E-state index contributed by atoms with van der Waals surface area (Å²) < 4.78 is 20.9. The molecule has 0 saturated carbocycles. The molecule has 5 nitrogen and oxygen atoms in total. The van der Waals surface area contributed by atoms with Crippen LogP contribution in [-0.2, 0) is 19.6 Å². The first-order valence-corrected chi connectivity index (χ1v) is 11.0. The molecule has 0 aliphatic rings. The molecule has 1 aromatic heterocycles. The molecule has 0 fully saturated rings. The minimum Gasteiger partial charge on any atom is -0.494 e. The summed E-state index contributed by atoms with van der Waals surface area (Å²) in [7, 11) is 0. The minimum absolute atomic E-state index is 0.241. The van der Waals surface area contributed by atoms with Crippen LogP contribution in [0.15, 0.2) is 66.7 Å². The number of halogens is 1. The molecule has 3 aromatic carbocycles. The largest absolute Gasteiger partial charge is 0.494 e. The molecule has 2 N–H and O–H groups in total. The van der Waals surface area contributed by atoms with Gasteiger partial charge in [0.05, 0.1) is 6.61 Å². The van der Waals surface area contributed by atoms with Crippen LogP contribution < -0.4 is 10.1 Å². The highest BCUT2D eigenvalue weighted by Gasteiger charge is 2.22. The lowest BCUT2D eigenvalue weighted by Crippen LogP contribution is -2.17. The maximum absolute atomic E-state index is 13.4. The molecule has 0 unspecified atom stereocenters. The molecule has 6 heteroatoms. The van der Waals surface area contributed by atoms with E-state index >= 15 is 0 Å². The van der Waals surface area contributed by atoms with Crippen molar-refractivity contribution in [3.05, 3.63) is 100 Å². The zero-order chi connectivity index (χ0) is 23.4.